The van der Waals surface area contributed by atoms with Gasteiger partial charge in [-0.05, 0) is 52.8 Å². The molecule has 0 aliphatic carbocycles. The van der Waals surface area contributed by atoms with Gasteiger partial charge in [0.1, 0.15) is 13.8 Å². The summed E-state index contributed by atoms with van der Waals surface area (Å²) in [5.74, 6) is 2.48. The van der Waals surface area contributed by atoms with Crippen molar-refractivity contribution < 1.29 is 12.3 Å². The van der Waals surface area contributed by atoms with E-state index in [0.717, 1.165) is 14.7 Å². The summed E-state index contributed by atoms with van der Waals surface area (Å²) in [5.41, 5.74) is 5.24. The van der Waals surface area contributed by atoms with Crippen molar-refractivity contribution in [3.8, 4) is 11.5 Å². The normalized spacial score (nSPS) is 11.9. The first-order valence-corrected chi connectivity index (χ1v) is 11.9. The highest BCUT2D eigenvalue weighted by atomic mass is 127. The molecule has 19 heavy (non-hydrogen) atoms. The Bertz CT molecular complexity index is 652. The van der Waals surface area contributed by atoms with E-state index in [1.54, 1.807) is 13.0 Å². The van der Waals surface area contributed by atoms with Gasteiger partial charge in [0.2, 0.25) is 0 Å². The standard InChI is InChI=1S/C13H16FIO2SSi/c1-10-12(9-18(14,16)17)7-11(8-13(10)15)5-6-19(2,3)4/h7-8H,9H2,1-4H3. The molecule has 0 bridgehead atoms. The van der Waals surface area contributed by atoms with Crippen LogP contribution in [0.15, 0.2) is 12.1 Å². The molecule has 0 fully saturated rings. The minimum Gasteiger partial charge on any atom is -0.194 e. The fourth-order valence-corrected chi connectivity index (χ4v) is 3.28. The maximum absolute atomic E-state index is 12.8. The maximum Gasteiger partial charge on any atom is 0.306 e. The van der Waals surface area contributed by atoms with Crippen LogP contribution in [0.5, 0.6) is 0 Å². The van der Waals surface area contributed by atoms with E-state index in [2.05, 4.69) is 53.7 Å². The largest absolute Gasteiger partial charge is 0.306 e. The van der Waals surface area contributed by atoms with Crippen molar-refractivity contribution in [2.24, 2.45) is 0 Å². The van der Waals surface area contributed by atoms with Crippen LogP contribution in [0.4, 0.5) is 3.89 Å². The molecule has 0 heterocycles. The molecule has 0 aromatic heterocycles. The molecule has 0 saturated carbocycles. The molecule has 0 spiro atoms. The van der Waals surface area contributed by atoms with E-state index in [1.807, 2.05) is 6.07 Å². The van der Waals surface area contributed by atoms with Crippen molar-refractivity contribution >= 4 is 40.9 Å². The SMILES string of the molecule is Cc1c(I)cc(C#C[Si](C)(C)C)cc1CS(=O)(=O)F. The van der Waals surface area contributed by atoms with Gasteiger partial charge in [-0.3, -0.25) is 0 Å². The van der Waals surface area contributed by atoms with Gasteiger partial charge in [0, 0.05) is 9.13 Å². The number of benzene rings is 1. The Morgan fingerprint density at radius 3 is 2.37 bits per heavy atom. The summed E-state index contributed by atoms with van der Waals surface area (Å²) < 4.78 is 35.3. The molecule has 0 aliphatic heterocycles. The van der Waals surface area contributed by atoms with E-state index in [0.29, 0.717) is 5.56 Å². The molecule has 0 amide bonds. The lowest BCUT2D eigenvalue weighted by Crippen LogP contribution is -2.16. The second-order valence-corrected chi connectivity index (χ2v) is 12.7. The van der Waals surface area contributed by atoms with Gasteiger partial charge in [-0.25, -0.2) is 0 Å². The van der Waals surface area contributed by atoms with Crippen molar-refractivity contribution in [3.63, 3.8) is 0 Å². The van der Waals surface area contributed by atoms with E-state index >= 15 is 0 Å². The van der Waals surface area contributed by atoms with Crippen molar-refractivity contribution in [2.75, 3.05) is 0 Å². The van der Waals surface area contributed by atoms with E-state index in [-0.39, 0.29) is 0 Å². The van der Waals surface area contributed by atoms with Gasteiger partial charge < -0.3 is 0 Å². The van der Waals surface area contributed by atoms with E-state index in [1.165, 1.54) is 0 Å². The Morgan fingerprint density at radius 1 is 1.32 bits per heavy atom. The Morgan fingerprint density at radius 2 is 1.89 bits per heavy atom. The Labute approximate surface area is 129 Å². The Balaban J connectivity index is 3.27. The van der Waals surface area contributed by atoms with Crippen LogP contribution in [-0.2, 0) is 16.0 Å². The molecule has 0 radical (unpaired) electrons. The molecule has 0 atom stereocenters. The molecular formula is C13H16FIO2SSi. The van der Waals surface area contributed by atoms with Gasteiger partial charge in [0.15, 0.2) is 0 Å². The van der Waals surface area contributed by atoms with Gasteiger partial charge in [-0.1, -0.05) is 25.6 Å². The number of rotatable bonds is 2. The average molecular weight is 410 g/mol. The summed E-state index contributed by atoms with van der Waals surface area (Å²) in [4.78, 5) is 0. The van der Waals surface area contributed by atoms with Crippen LogP contribution in [-0.4, -0.2) is 16.5 Å². The smallest absolute Gasteiger partial charge is 0.194 e. The predicted octanol–water partition coefficient (Wildman–Crippen LogP) is 3.63. The third kappa shape index (κ3) is 6.06. The Kier molecular flexibility index (Phi) is 5.20. The number of halogens is 2. The molecule has 1 aromatic rings. The summed E-state index contributed by atoms with van der Waals surface area (Å²) in [6, 6.07) is 3.57. The third-order valence-electron chi connectivity index (χ3n) is 2.36. The molecule has 1 aromatic carbocycles. The highest BCUT2D eigenvalue weighted by Gasteiger charge is 2.14. The maximum atomic E-state index is 12.8. The van der Waals surface area contributed by atoms with E-state index in [4.69, 9.17) is 0 Å². The van der Waals surface area contributed by atoms with Crippen molar-refractivity contribution in [2.45, 2.75) is 32.3 Å². The lowest BCUT2D eigenvalue weighted by Gasteiger charge is -2.08. The minimum absolute atomic E-state index is 0.481. The van der Waals surface area contributed by atoms with Crippen molar-refractivity contribution in [3.05, 3.63) is 32.4 Å². The number of hydrogen-bond acceptors (Lipinski definition) is 2. The fraction of sp³-hybridized carbons (Fsp3) is 0.385. The second kappa shape index (κ2) is 5.93. The third-order valence-corrected chi connectivity index (χ3v) is 5.01. The highest BCUT2D eigenvalue weighted by molar-refractivity contribution is 14.1. The quantitative estimate of drug-likeness (QED) is 0.323. The van der Waals surface area contributed by atoms with Gasteiger partial charge in [0.05, 0.1) is 0 Å². The number of hydrogen-bond donors (Lipinski definition) is 0. The zero-order valence-corrected chi connectivity index (χ0v) is 15.3. The zero-order valence-electron chi connectivity index (χ0n) is 11.3. The first-order chi connectivity index (χ1) is 8.48. The molecule has 0 N–H and O–H groups in total. The summed E-state index contributed by atoms with van der Waals surface area (Å²) in [6.45, 7) is 8.18. The van der Waals surface area contributed by atoms with Crippen LogP contribution in [0.2, 0.25) is 19.6 Å². The van der Waals surface area contributed by atoms with Gasteiger partial charge in [0.25, 0.3) is 0 Å². The average Bonchev–Trinajstić information content (AvgIpc) is 2.19. The summed E-state index contributed by atoms with van der Waals surface area (Å²) in [5, 5.41) is 0. The molecule has 2 nitrogen and oxygen atoms in total. The molecule has 104 valence electrons. The fourth-order valence-electron chi connectivity index (χ4n) is 1.40. The molecule has 0 unspecified atom stereocenters. The van der Waals surface area contributed by atoms with E-state index in [9.17, 15) is 12.3 Å². The van der Waals surface area contributed by atoms with Gasteiger partial charge >= 0.3 is 10.2 Å². The summed E-state index contributed by atoms with van der Waals surface area (Å²) >= 11 is 2.11. The van der Waals surface area contributed by atoms with E-state index < -0.39 is 24.0 Å². The van der Waals surface area contributed by atoms with Crippen LogP contribution in [0, 0.1) is 22.0 Å². The Hall–Kier alpha value is -0.393. The van der Waals surface area contributed by atoms with Crippen LogP contribution < -0.4 is 0 Å². The summed E-state index contributed by atoms with van der Waals surface area (Å²) in [6.07, 6.45) is 0. The van der Waals surface area contributed by atoms with Gasteiger partial charge in [-0.15, -0.1) is 9.43 Å². The van der Waals surface area contributed by atoms with Crippen LogP contribution in [0.3, 0.4) is 0 Å². The zero-order chi connectivity index (χ0) is 14.8. The predicted molar refractivity (Wildman–Crippen MR) is 87.9 cm³/mol. The molecule has 0 aliphatic rings. The minimum atomic E-state index is -4.52. The first kappa shape index (κ1) is 16.7. The monoisotopic (exact) mass is 410 g/mol. The first-order valence-electron chi connectivity index (χ1n) is 5.72. The van der Waals surface area contributed by atoms with Crippen LogP contribution in [0.25, 0.3) is 0 Å². The molecule has 6 heteroatoms. The second-order valence-electron chi connectivity index (χ2n) is 5.43. The van der Waals surface area contributed by atoms with Crippen LogP contribution >= 0.6 is 22.6 Å². The molecular weight excluding hydrogens is 394 g/mol. The molecule has 1 rings (SSSR count). The topological polar surface area (TPSA) is 34.1 Å². The summed E-state index contributed by atoms with van der Waals surface area (Å²) in [7, 11) is -6.01. The van der Waals surface area contributed by atoms with Gasteiger partial charge in [-0.2, -0.15) is 8.42 Å². The van der Waals surface area contributed by atoms with Crippen molar-refractivity contribution in [1.82, 2.24) is 0 Å². The molecule has 0 saturated heterocycles. The highest BCUT2D eigenvalue weighted by Crippen LogP contribution is 2.21. The van der Waals surface area contributed by atoms with Crippen molar-refractivity contribution in [1.29, 1.82) is 0 Å². The lowest BCUT2D eigenvalue weighted by atomic mass is 10.1. The van der Waals surface area contributed by atoms with Crippen LogP contribution in [0.1, 0.15) is 16.7 Å². The lowest BCUT2D eigenvalue weighted by molar-refractivity contribution is 0.551.